The molecule has 17 heavy (non-hydrogen) atoms. The summed E-state index contributed by atoms with van der Waals surface area (Å²) in [5, 5.41) is 0. The van der Waals surface area contributed by atoms with E-state index in [1.165, 1.54) is 0 Å². The molecule has 0 aromatic rings. The maximum atomic E-state index is 11.6. The summed E-state index contributed by atoms with van der Waals surface area (Å²) in [5.74, 6) is -1.43. The van der Waals surface area contributed by atoms with Gasteiger partial charge in [0.25, 0.3) is 0 Å². The summed E-state index contributed by atoms with van der Waals surface area (Å²) < 4.78 is 9.35. The van der Waals surface area contributed by atoms with Gasteiger partial charge in [0.15, 0.2) is 0 Å². The van der Waals surface area contributed by atoms with Crippen molar-refractivity contribution in [1.82, 2.24) is 4.90 Å². The van der Waals surface area contributed by atoms with Gasteiger partial charge in [-0.1, -0.05) is 0 Å². The van der Waals surface area contributed by atoms with Gasteiger partial charge in [-0.2, -0.15) is 0 Å². The van der Waals surface area contributed by atoms with Crippen molar-refractivity contribution in [2.24, 2.45) is 5.73 Å². The van der Waals surface area contributed by atoms with Crippen LogP contribution in [0.3, 0.4) is 0 Å². The van der Waals surface area contributed by atoms with Gasteiger partial charge in [0.2, 0.25) is 5.91 Å². The van der Waals surface area contributed by atoms with Crippen molar-refractivity contribution in [2.45, 2.75) is 26.4 Å². The highest BCUT2D eigenvalue weighted by Crippen LogP contribution is 2.10. The fraction of sp³-hybridized carbons (Fsp3) is 0.700. The number of hydrogen-bond acceptors (Lipinski definition) is 6. The van der Waals surface area contributed by atoms with Crippen molar-refractivity contribution in [2.75, 3.05) is 20.2 Å². The number of amides is 2. The summed E-state index contributed by atoms with van der Waals surface area (Å²) in [5.41, 5.74) is 4.38. The first kappa shape index (κ1) is 15.4. The van der Waals surface area contributed by atoms with E-state index in [2.05, 4.69) is 4.74 Å². The Hall–Kier alpha value is -1.63. The number of nitrogens with two attached hydrogens (primary N) is 1. The molecule has 0 aromatic carbocycles. The predicted molar refractivity (Wildman–Crippen MR) is 59.0 cm³/mol. The highest BCUT2D eigenvalue weighted by Gasteiger charge is 2.28. The molecule has 0 saturated heterocycles. The number of carbonyl (C=O) groups is 3. The topological polar surface area (TPSA) is 98.9 Å². The molecule has 0 heterocycles. The Kier molecular flexibility index (Phi) is 5.60. The molecule has 2 N–H and O–H groups in total. The fourth-order valence-corrected chi connectivity index (χ4v) is 0.875. The number of carbonyl (C=O) groups excluding carboxylic acids is 3. The Morgan fingerprint density at radius 2 is 1.76 bits per heavy atom. The van der Waals surface area contributed by atoms with E-state index in [0.717, 1.165) is 7.11 Å². The average molecular weight is 246 g/mol. The normalized spacial score (nSPS) is 10.6. The van der Waals surface area contributed by atoms with Gasteiger partial charge in [0, 0.05) is 0 Å². The van der Waals surface area contributed by atoms with Gasteiger partial charge in [-0.15, -0.1) is 0 Å². The first-order valence-corrected chi connectivity index (χ1v) is 5.01. The molecule has 7 nitrogen and oxygen atoms in total. The second-order valence-corrected chi connectivity index (χ2v) is 4.24. The first-order chi connectivity index (χ1) is 7.71. The van der Waals surface area contributed by atoms with Gasteiger partial charge in [0.1, 0.15) is 12.1 Å². The number of hydrogen-bond donors (Lipinski definition) is 1. The smallest absolute Gasteiger partial charge is 0.417 e. The number of esters is 1. The van der Waals surface area contributed by atoms with Gasteiger partial charge in [-0.05, 0) is 20.8 Å². The molecule has 0 aromatic heterocycles. The second kappa shape index (κ2) is 6.19. The third-order valence-corrected chi connectivity index (χ3v) is 1.60. The van der Waals surface area contributed by atoms with E-state index in [-0.39, 0.29) is 0 Å². The number of rotatable bonds is 3. The molecule has 7 heteroatoms. The molecule has 0 spiro atoms. The molecule has 2 amide bonds. The zero-order valence-electron chi connectivity index (χ0n) is 10.5. The second-order valence-electron chi connectivity index (χ2n) is 4.24. The van der Waals surface area contributed by atoms with Gasteiger partial charge in [-0.3, -0.25) is 9.59 Å². The van der Waals surface area contributed by atoms with Crippen molar-refractivity contribution >= 4 is 18.0 Å². The van der Waals surface area contributed by atoms with E-state index in [1.807, 2.05) is 0 Å². The fourth-order valence-electron chi connectivity index (χ4n) is 0.875. The molecular formula is C10H18N2O5. The molecule has 98 valence electrons. The summed E-state index contributed by atoms with van der Waals surface area (Å²) in [7, 11) is 1.16. The maximum Gasteiger partial charge on any atom is 0.417 e. The van der Waals surface area contributed by atoms with E-state index < -0.39 is 36.7 Å². The average Bonchev–Trinajstić information content (AvgIpc) is 2.21. The zero-order chi connectivity index (χ0) is 13.6. The minimum Gasteiger partial charge on any atom is -0.468 e. The van der Waals surface area contributed by atoms with Gasteiger partial charge in [0.05, 0.1) is 13.7 Å². The largest absolute Gasteiger partial charge is 0.468 e. The molecule has 0 aliphatic rings. The molecule has 0 unspecified atom stereocenters. The van der Waals surface area contributed by atoms with Crippen LogP contribution in [0.2, 0.25) is 0 Å². The Bertz CT molecular complexity index is 308. The van der Waals surface area contributed by atoms with Crippen LogP contribution in [-0.2, 0) is 19.1 Å². The quantitative estimate of drug-likeness (QED) is 0.697. The van der Waals surface area contributed by atoms with Crippen LogP contribution in [-0.4, -0.2) is 48.7 Å². The Balaban J connectivity index is 4.74. The van der Waals surface area contributed by atoms with Gasteiger partial charge >= 0.3 is 12.1 Å². The Morgan fingerprint density at radius 1 is 1.24 bits per heavy atom. The molecule has 0 aliphatic carbocycles. The van der Waals surface area contributed by atoms with Crippen LogP contribution in [0.1, 0.15) is 20.8 Å². The number of nitrogens with zero attached hydrogens (tertiary/aromatic N) is 1. The standard InChI is InChI=1S/C10H18N2O5/c1-10(2,3)17-9(15)12(7(13)5-11)6-8(14)16-4/h5-6,11H2,1-4H3. The van der Waals surface area contributed by atoms with Crippen LogP contribution >= 0.6 is 0 Å². The van der Waals surface area contributed by atoms with Crippen LogP contribution < -0.4 is 5.73 Å². The highest BCUT2D eigenvalue weighted by atomic mass is 16.6. The molecule has 0 fully saturated rings. The van der Waals surface area contributed by atoms with Crippen molar-refractivity contribution < 1.29 is 23.9 Å². The molecule has 0 rings (SSSR count). The summed E-state index contributed by atoms with van der Waals surface area (Å²) in [6.45, 7) is 4.04. The summed E-state index contributed by atoms with van der Waals surface area (Å²) >= 11 is 0. The number of ether oxygens (including phenoxy) is 2. The third kappa shape index (κ3) is 5.86. The Morgan fingerprint density at radius 3 is 2.12 bits per heavy atom. The molecule has 0 atom stereocenters. The van der Waals surface area contributed by atoms with E-state index in [4.69, 9.17) is 10.5 Å². The highest BCUT2D eigenvalue weighted by molar-refractivity contribution is 5.96. The van der Waals surface area contributed by atoms with E-state index in [9.17, 15) is 14.4 Å². The van der Waals surface area contributed by atoms with E-state index >= 15 is 0 Å². The van der Waals surface area contributed by atoms with Crippen LogP contribution in [0.5, 0.6) is 0 Å². The van der Waals surface area contributed by atoms with Crippen LogP contribution in [0, 0.1) is 0 Å². The summed E-state index contributed by atoms with van der Waals surface area (Å²) in [6, 6.07) is 0. The van der Waals surface area contributed by atoms with E-state index in [1.54, 1.807) is 20.8 Å². The minimum atomic E-state index is -0.918. The van der Waals surface area contributed by atoms with Crippen molar-refractivity contribution in [3.63, 3.8) is 0 Å². The third-order valence-electron chi connectivity index (χ3n) is 1.60. The summed E-state index contributed by atoms with van der Waals surface area (Å²) in [4.78, 5) is 34.7. The molecule has 0 radical (unpaired) electrons. The van der Waals surface area contributed by atoms with Crippen LogP contribution in [0.4, 0.5) is 4.79 Å². The number of imide groups is 1. The lowest BCUT2D eigenvalue weighted by Crippen LogP contribution is -2.46. The monoisotopic (exact) mass is 246 g/mol. The molecule has 0 saturated carbocycles. The predicted octanol–water partition coefficient (Wildman–Crippen LogP) is -0.118. The zero-order valence-corrected chi connectivity index (χ0v) is 10.5. The summed E-state index contributed by atoms with van der Waals surface area (Å²) in [6.07, 6.45) is -0.918. The molecular weight excluding hydrogens is 228 g/mol. The molecule has 0 aliphatic heterocycles. The van der Waals surface area contributed by atoms with Crippen molar-refractivity contribution in [1.29, 1.82) is 0 Å². The minimum absolute atomic E-state index is 0.393. The van der Waals surface area contributed by atoms with Crippen LogP contribution in [0.25, 0.3) is 0 Å². The Labute approximate surface area is 99.8 Å². The maximum absolute atomic E-state index is 11.6. The lowest BCUT2D eigenvalue weighted by atomic mass is 10.2. The SMILES string of the molecule is COC(=O)CN(C(=O)CN)C(=O)OC(C)(C)C. The van der Waals surface area contributed by atoms with Gasteiger partial charge < -0.3 is 15.2 Å². The number of methoxy groups -OCH3 is 1. The van der Waals surface area contributed by atoms with Crippen molar-refractivity contribution in [3.8, 4) is 0 Å². The van der Waals surface area contributed by atoms with Crippen molar-refractivity contribution in [3.05, 3.63) is 0 Å². The van der Waals surface area contributed by atoms with Crippen LogP contribution in [0.15, 0.2) is 0 Å². The lowest BCUT2D eigenvalue weighted by Gasteiger charge is -2.25. The lowest BCUT2D eigenvalue weighted by molar-refractivity contribution is -0.146. The first-order valence-electron chi connectivity index (χ1n) is 5.01. The molecule has 0 bridgehead atoms. The van der Waals surface area contributed by atoms with Gasteiger partial charge in [-0.25, -0.2) is 9.69 Å². The van der Waals surface area contributed by atoms with E-state index in [0.29, 0.717) is 4.90 Å².